The van der Waals surface area contributed by atoms with E-state index in [1.54, 1.807) is 18.2 Å². The summed E-state index contributed by atoms with van der Waals surface area (Å²) >= 11 is 0. The Morgan fingerprint density at radius 3 is 2.09 bits per heavy atom. The van der Waals surface area contributed by atoms with Gasteiger partial charge >= 0.3 is 6.03 Å². The summed E-state index contributed by atoms with van der Waals surface area (Å²) in [4.78, 5) is 39.3. The van der Waals surface area contributed by atoms with E-state index in [4.69, 9.17) is 0 Å². The molecule has 0 aliphatic carbocycles. The van der Waals surface area contributed by atoms with Crippen molar-refractivity contribution in [3.05, 3.63) is 87.7 Å². The topological polar surface area (TPSA) is 71.4 Å². The Morgan fingerprint density at radius 2 is 1.44 bits per heavy atom. The Labute approximate surface area is 187 Å². The third kappa shape index (κ3) is 3.64. The fourth-order valence-corrected chi connectivity index (χ4v) is 3.94. The van der Waals surface area contributed by atoms with Gasteiger partial charge in [-0.2, -0.15) is 0 Å². The van der Waals surface area contributed by atoms with Crippen molar-refractivity contribution in [1.29, 1.82) is 0 Å². The third-order valence-electron chi connectivity index (χ3n) is 5.91. The predicted octanol–water partition coefficient (Wildman–Crippen LogP) is 4.69. The fourth-order valence-electron chi connectivity index (χ4n) is 3.94. The van der Waals surface area contributed by atoms with E-state index < -0.39 is 17.8 Å². The average molecular weight is 428 g/mol. The summed E-state index contributed by atoms with van der Waals surface area (Å²) in [5.74, 6) is -1.33. The highest BCUT2D eigenvalue weighted by Crippen LogP contribution is 2.27. The molecule has 0 spiro atoms. The number of nitrogens with zero attached hydrogens (tertiary/aromatic N) is 2. The van der Waals surface area contributed by atoms with Crippen LogP contribution in [0.5, 0.6) is 0 Å². The van der Waals surface area contributed by atoms with Gasteiger partial charge in [-0.1, -0.05) is 23.8 Å². The number of anilines is 1. The molecule has 3 aromatic rings. The molecule has 1 N–H and O–H groups in total. The lowest BCUT2D eigenvalue weighted by molar-refractivity contribution is -0.122. The van der Waals surface area contributed by atoms with Crippen molar-refractivity contribution >= 4 is 29.6 Å². The molecule has 4 rings (SSSR count). The molecule has 6 heteroatoms. The highest BCUT2D eigenvalue weighted by Gasteiger charge is 2.37. The fraction of sp³-hybridized carbons (Fsp3) is 0.192. The SMILES string of the molecule is Cc1ccc(-n2c(C)cc(C=C3C(=O)NC(=O)N(c4ccc(C)c(C)c4)C3=O)c2C)cc1. The molecular weight excluding hydrogens is 402 g/mol. The molecule has 0 atom stereocenters. The molecule has 1 aromatic heterocycles. The monoisotopic (exact) mass is 427 g/mol. The Balaban J connectivity index is 1.76. The molecule has 0 bridgehead atoms. The first-order valence-corrected chi connectivity index (χ1v) is 10.4. The van der Waals surface area contributed by atoms with E-state index in [1.807, 2.05) is 71.0 Å². The first-order valence-electron chi connectivity index (χ1n) is 10.4. The van der Waals surface area contributed by atoms with Crippen LogP contribution in [0.15, 0.2) is 54.1 Å². The zero-order valence-electron chi connectivity index (χ0n) is 18.8. The van der Waals surface area contributed by atoms with Gasteiger partial charge < -0.3 is 4.57 Å². The van der Waals surface area contributed by atoms with Crippen molar-refractivity contribution in [2.24, 2.45) is 0 Å². The van der Waals surface area contributed by atoms with E-state index in [0.717, 1.165) is 38.7 Å². The molecule has 2 aromatic carbocycles. The van der Waals surface area contributed by atoms with Gasteiger partial charge in [0.05, 0.1) is 5.69 Å². The van der Waals surface area contributed by atoms with Crippen LogP contribution < -0.4 is 10.2 Å². The van der Waals surface area contributed by atoms with Crippen LogP contribution in [0.25, 0.3) is 11.8 Å². The maximum absolute atomic E-state index is 13.2. The number of hydrogen-bond donors (Lipinski definition) is 1. The number of rotatable bonds is 3. The van der Waals surface area contributed by atoms with Crippen LogP contribution in [0.4, 0.5) is 10.5 Å². The van der Waals surface area contributed by atoms with Crippen molar-refractivity contribution in [1.82, 2.24) is 9.88 Å². The number of benzene rings is 2. The Kier molecular flexibility index (Phi) is 5.30. The summed E-state index contributed by atoms with van der Waals surface area (Å²) in [5, 5.41) is 2.29. The minimum absolute atomic E-state index is 0.0769. The molecule has 162 valence electrons. The van der Waals surface area contributed by atoms with Gasteiger partial charge in [-0.25, -0.2) is 9.69 Å². The Morgan fingerprint density at radius 1 is 0.781 bits per heavy atom. The molecular formula is C26H25N3O3. The standard InChI is InChI=1S/C26H25N3O3/c1-15-6-9-21(10-7-15)28-18(4)13-20(19(28)5)14-23-24(30)27-26(32)29(25(23)31)22-11-8-16(2)17(3)12-22/h6-14H,1-5H3,(H,27,30,32). The molecule has 6 nitrogen and oxygen atoms in total. The number of urea groups is 1. The van der Waals surface area contributed by atoms with Crippen molar-refractivity contribution in [3.63, 3.8) is 0 Å². The minimum Gasteiger partial charge on any atom is -0.318 e. The molecule has 4 amide bonds. The second kappa shape index (κ2) is 7.96. The van der Waals surface area contributed by atoms with Crippen LogP contribution >= 0.6 is 0 Å². The van der Waals surface area contributed by atoms with E-state index in [9.17, 15) is 14.4 Å². The highest BCUT2D eigenvalue weighted by molar-refractivity contribution is 6.39. The zero-order valence-corrected chi connectivity index (χ0v) is 18.8. The quantitative estimate of drug-likeness (QED) is 0.487. The highest BCUT2D eigenvalue weighted by atomic mass is 16.2. The molecule has 1 saturated heterocycles. The van der Waals surface area contributed by atoms with Gasteiger partial charge in [0.2, 0.25) is 0 Å². The van der Waals surface area contributed by atoms with E-state index in [-0.39, 0.29) is 5.57 Å². The second-order valence-electron chi connectivity index (χ2n) is 8.22. The number of nitrogens with one attached hydrogen (secondary N) is 1. The number of aromatic nitrogens is 1. The molecule has 2 heterocycles. The first-order chi connectivity index (χ1) is 15.2. The van der Waals surface area contributed by atoms with Crippen LogP contribution in [0.3, 0.4) is 0 Å². The van der Waals surface area contributed by atoms with Crippen LogP contribution in [0.1, 0.15) is 33.6 Å². The number of hydrogen-bond acceptors (Lipinski definition) is 3. The summed E-state index contributed by atoms with van der Waals surface area (Å²) in [7, 11) is 0. The van der Waals surface area contributed by atoms with Crippen LogP contribution in [0, 0.1) is 34.6 Å². The lowest BCUT2D eigenvalue weighted by atomic mass is 10.1. The van der Waals surface area contributed by atoms with Gasteiger partial charge in [-0.15, -0.1) is 0 Å². The summed E-state index contributed by atoms with van der Waals surface area (Å²) < 4.78 is 2.07. The third-order valence-corrected chi connectivity index (χ3v) is 5.91. The van der Waals surface area contributed by atoms with Gasteiger partial charge in [0.15, 0.2) is 0 Å². The van der Waals surface area contributed by atoms with Crippen molar-refractivity contribution in [2.75, 3.05) is 4.90 Å². The smallest absolute Gasteiger partial charge is 0.318 e. The molecule has 0 radical (unpaired) electrons. The maximum Gasteiger partial charge on any atom is 0.335 e. The van der Waals surface area contributed by atoms with Crippen LogP contribution in [0.2, 0.25) is 0 Å². The van der Waals surface area contributed by atoms with E-state index in [2.05, 4.69) is 9.88 Å². The largest absolute Gasteiger partial charge is 0.335 e. The predicted molar refractivity (Wildman–Crippen MR) is 125 cm³/mol. The molecule has 0 unspecified atom stereocenters. The van der Waals surface area contributed by atoms with E-state index in [1.165, 1.54) is 5.56 Å². The average Bonchev–Trinajstić information content (AvgIpc) is 3.01. The van der Waals surface area contributed by atoms with E-state index >= 15 is 0 Å². The summed E-state index contributed by atoms with van der Waals surface area (Å²) in [6.07, 6.45) is 1.56. The molecule has 32 heavy (non-hydrogen) atoms. The zero-order chi connectivity index (χ0) is 23.2. The molecule has 0 saturated carbocycles. The number of barbiturate groups is 1. The molecule has 1 aliphatic heterocycles. The minimum atomic E-state index is -0.745. The lowest BCUT2D eigenvalue weighted by Crippen LogP contribution is -2.54. The van der Waals surface area contributed by atoms with Crippen molar-refractivity contribution < 1.29 is 14.4 Å². The number of carbonyl (C=O) groups is 3. The maximum atomic E-state index is 13.2. The van der Waals surface area contributed by atoms with Crippen LogP contribution in [-0.4, -0.2) is 22.4 Å². The lowest BCUT2D eigenvalue weighted by Gasteiger charge is -2.26. The van der Waals surface area contributed by atoms with Gasteiger partial charge in [0, 0.05) is 17.1 Å². The van der Waals surface area contributed by atoms with Crippen molar-refractivity contribution in [3.8, 4) is 5.69 Å². The number of imide groups is 2. The Bertz CT molecular complexity index is 1300. The number of carbonyl (C=O) groups excluding carboxylic acids is 3. The van der Waals surface area contributed by atoms with Crippen LogP contribution in [-0.2, 0) is 9.59 Å². The Hall–Kier alpha value is -3.93. The van der Waals surface area contributed by atoms with Gasteiger partial charge in [0.25, 0.3) is 11.8 Å². The van der Waals surface area contributed by atoms with Gasteiger partial charge in [-0.3, -0.25) is 14.9 Å². The summed E-state index contributed by atoms with van der Waals surface area (Å²) in [6.45, 7) is 9.81. The second-order valence-corrected chi connectivity index (χ2v) is 8.22. The first kappa shape index (κ1) is 21.3. The van der Waals surface area contributed by atoms with E-state index in [0.29, 0.717) is 5.69 Å². The van der Waals surface area contributed by atoms with Gasteiger partial charge in [-0.05, 0) is 87.7 Å². The molecule has 1 fully saturated rings. The normalized spacial score (nSPS) is 15.5. The number of aryl methyl sites for hydroxylation is 4. The molecule has 1 aliphatic rings. The summed E-state index contributed by atoms with van der Waals surface area (Å²) in [5.41, 5.74) is 7.14. The van der Waals surface area contributed by atoms with Gasteiger partial charge in [0.1, 0.15) is 5.57 Å². The summed E-state index contributed by atoms with van der Waals surface area (Å²) in [6, 6.07) is 14.6. The number of amides is 4. The van der Waals surface area contributed by atoms with Crippen molar-refractivity contribution in [2.45, 2.75) is 34.6 Å².